The van der Waals surface area contributed by atoms with E-state index >= 15 is 0 Å². The Kier molecular flexibility index (Phi) is 6.45. The average Bonchev–Trinajstić information content (AvgIpc) is 2.73. The third-order valence-corrected chi connectivity index (χ3v) is 5.43. The number of benzene rings is 3. The molecule has 0 aliphatic rings. The molecule has 5 heteroatoms. The second-order valence-electron chi connectivity index (χ2n) is 5.81. The maximum absolute atomic E-state index is 11.4. The third kappa shape index (κ3) is 4.66. The Labute approximate surface area is 160 Å². The highest BCUT2D eigenvalue weighted by atomic mass is 31.1. The summed E-state index contributed by atoms with van der Waals surface area (Å²) in [6.07, 6.45) is 0.879. The third-order valence-electron chi connectivity index (χ3n) is 4.07. The predicted molar refractivity (Wildman–Crippen MR) is 110 cm³/mol. The predicted octanol–water partition coefficient (Wildman–Crippen LogP) is 3.72. The summed E-state index contributed by atoms with van der Waals surface area (Å²) in [5.74, 6) is 1.96. The van der Waals surface area contributed by atoms with Crippen LogP contribution in [-0.2, 0) is 6.61 Å². The number of ether oxygens (including phenoxy) is 3. The standard InChI is InChI=1S/C22H21O4P/c1-24-18-12-19(25-2)22(26-15-16-8-4-3-5-9-16)21(13-18)27-20-11-7-6-10-17(20)14-23/h3-14,27H,15H2,1-2H3. The van der Waals surface area contributed by atoms with Crippen molar-refractivity contribution in [2.45, 2.75) is 6.61 Å². The van der Waals surface area contributed by atoms with Gasteiger partial charge in [0.2, 0.25) is 0 Å². The number of rotatable bonds is 8. The first-order chi connectivity index (χ1) is 13.2. The summed E-state index contributed by atoms with van der Waals surface area (Å²) in [7, 11) is 3.46. The molecule has 0 saturated heterocycles. The fraction of sp³-hybridized carbons (Fsp3) is 0.136. The molecule has 3 rings (SSSR count). The van der Waals surface area contributed by atoms with Gasteiger partial charge in [0, 0.05) is 16.9 Å². The molecule has 0 aliphatic carbocycles. The Morgan fingerprint density at radius 3 is 2.33 bits per heavy atom. The first kappa shape index (κ1) is 18.9. The Morgan fingerprint density at radius 1 is 0.889 bits per heavy atom. The quantitative estimate of drug-likeness (QED) is 0.441. The van der Waals surface area contributed by atoms with Gasteiger partial charge in [-0.3, -0.25) is 4.79 Å². The molecule has 0 radical (unpaired) electrons. The van der Waals surface area contributed by atoms with Gasteiger partial charge in [0.1, 0.15) is 12.4 Å². The SMILES string of the molecule is COc1cc(OC)c(OCc2ccccc2)c(Pc2ccccc2C=O)c1. The minimum absolute atomic E-state index is 0.231. The number of hydrogen-bond donors (Lipinski definition) is 0. The van der Waals surface area contributed by atoms with Crippen molar-refractivity contribution in [3.8, 4) is 17.2 Å². The molecule has 0 bridgehead atoms. The lowest BCUT2D eigenvalue weighted by atomic mass is 10.2. The first-order valence-corrected chi connectivity index (χ1v) is 9.49. The molecule has 0 aliphatic heterocycles. The minimum Gasteiger partial charge on any atom is -0.497 e. The molecule has 1 unspecified atom stereocenters. The summed E-state index contributed by atoms with van der Waals surface area (Å²) in [6, 6.07) is 21.3. The largest absolute Gasteiger partial charge is 0.497 e. The van der Waals surface area contributed by atoms with E-state index in [1.165, 1.54) is 0 Å². The van der Waals surface area contributed by atoms with E-state index in [0.29, 0.717) is 29.4 Å². The van der Waals surface area contributed by atoms with Gasteiger partial charge >= 0.3 is 0 Å². The van der Waals surface area contributed by atoms with E-state index in [2.05, 4.69) is 0 Å². The van der Waals surface area contributed by atoms with Crippen LogP contribution in [0.5, 0.6) is 17.2 Å². The summed E-state index contributed by atoms with van der Waals surface area (Å²) in [4.78, 5) is 11.4. The molecule has 0 spiro atoms. The Hall–Kier alpha value is -2.84. The van der Waals surface area contributed by atoms with E-state index in [9.17, 15) is 4.79 Å². The van der Waals surface area contributed by atoms with E-state index in [0.717, 1.165) is 22.5 Å². The number of methoxy groups -OCH3 is 2. The van der Waals surface area contributed by atoms with Gasteiger partial charge in [-0.05, 0) is 16.9 Å². The van der Waals surface area contributed by atoms with Crippen LogP contribution in [0.25, 0.3) is 0 Å². The van der Waals surface area contributed by atoms with Crippen LogP contribution < -0.4 is 24.8 Å². The normalized spacial score (nSPS) is 10.7. The van der Waals surface area contributed by atoms with Crippen LogP contribution in [0.4, 0.5) is 0 Å². The summed E-state index contributed by atoms with van der Waals surface area (Å²) in [6.45, 7) is 0.427. The van der Waals surface area contributed by atoms with Crippen LogP contribution in [0.2, 0.25) is 0 Å². The molecular formula is C22H21O4P. The monoisotopic (exact) mass is 380 g/mol. The zero-order valence-corrected chi connectivity index (χ0v) is 16.3. The summed E-state index contributed by atoms with van der Waals surface area (Å²) in [5, 5.41) is 1.88. The molecule has 3 aromatic rings. The average molecular weight is 380 g/mol. The second kappa shape index (κ2) is 9.20. The molecule has 4 nitrogen and oxygen atoms in total. The molecule has 0 fully saturated rings. The molecule has 3 aromatic carbocycles. The topological polar surface area (TPSA) is 44.8 Å². The lowest BCUT2D eigenvalue weighted by Gasteiger charge is -2.17. The maximum atomic E-state index is 11.4. The second-order valence-corrected chi connectivity index (χ2v) is 7.14. The number of hydrogen-bond acceptors (Lipinski definition) is 4. The highest BCUT2D eigenvalue weighted by Crippen LogP contribution is 2.34. The Bertz CT molecular complexity index is 909. The van der Waals surface area contributed by atoms with Crippen LogP contribution in [0.3, 0.4) is 0 Å². The van der Waals surface area contributed by atoms with Crippen LogP contribution in [0.15, 0.2) is 66.7 Å². The minimum atomic E-state index is 0.231. The summed E-state index contributed by atoms with van der Waals surface area (Å²) in [5.41, 5.74) is 1.74. The molecule has 1 atom stereocenters. The first-order valence-electron chi connectivity index (χ1n) is 8.49. The van der Waals surface area contributed by atoms with Crippen molar-refractivity contribution < 1.29 is 19.0 Å². The van der Waals surface area contributed by atoms with Crippen molar-refractivity contribution in [2.75, 3.05) is 14.2 Å². The highest BCUT2D eigenvalue weighted by molar-refractivity contribution is 7.56. The molecular weight excluding hydrogens is 359 g/mol. The van der Waals surface area contributed by atoms with E-state index in [4.69, 9.17) is 14.2 Å². The van der Waals surface area contributed by atoms with Gasteiger partial charge in [-0.25, -0.2) is 0 Å². The Balaban J connectivity index is 1.98. The molecule has 138 valence electrons. The van der Waals surface area contributed by atoms with E-state index in [-0.39, 0.29) is 8.58 Å². The zero-order chi connectivity index (χ0) is 19.1. The molecule has 0 N–H and O–H groups in total. The van der Waals surface area contributed by atoms with Crippen molar-refractivity contribution >= 4 is 25.5 Å². The van der Waals surface area contributed by atoms with Crippen molar-refractivity contribution in [1.29, 1.82) is 0 Å². The smallest absolute Gasteiger partial charge is 0.169 e. The van der Waals surface area contributed by atoms with E-state index < -0.39 is 0 Å². The lowest BCUT2D eigenvalue weighted by molar-refractivity contribution is 0.112. The van der Waals surface area contributed by atoms with Crippen LogP contribution >= 0.6 is 8.58 Å². The zero-order valence-electron chi connectivity index (χ0n) is 15.3. The summed E-state index contributed by atoms with van der Waals surface area (Å²) < 4.78 is 17.1. The molecule has 0 amide bonds. The fourth-order valence-corrected chi connectivity index (χ4v) is 3.96. The molecule has 27 heavy (non-hydrogen) atoms. The number of carbonyl (C=O) groups is 1. The lowest BCUT2D eigenvalue weighted by Crippen LogP contribution is -2.13. The molecule has 0 saturated carbocycles. The highest BCUT2D eigenvalue weighted by Gasteiger charge is 2.16. The van der Waals surface area contributed by atoms with Crippen LogP contribution in [0, 0.1) is 0 Å². The van der Waals surface area contributed by atoms with Crippen molar-refractivity contribution in [2.24, 2.45) is 0 Å². The van der Waals surface area contributed by atoms with Crippen molar-refractivity contribution in [3.05, 3.63) is 77.9 Å². The van der Waals surface area contributed by atoms with Crippen LogP contribution in [-0.4, -0.2) is 20.5 Å². The molecule has 0 heterocycles. The van der Waals surface area contributed by atoms with E-state index in [1.807, 2.05) is 60.7 Å². The number of carbonyl (C=O) groups excluding carboxylic acids is 1. The van der Waals surface area contributed by atoms with Gasteiger partial charge in [-0.2, -0.15) is 0 Å². The van der Waals surface area contributed by atoms with Gasteiger partial charge in [-0.1, -0.05) is 63.2 Å². The van der Waals surface area contributed by atoms with Gasteiger partial charge < -0.3 is 14.2 Å². The fourth-order valence-electron chi connectivity index (χ4n) is 2.68. The Morgan fingerprint density at radius 2 is 1.63 bits per heavy atom. The maximum Gasteiger partial charge on any atom is 0.169 e. The van der Waals surface area contributed by atoms with Gasteiger partial charge in [0.05, 0.1) is 14.2 Å². The van der Waals surface area contributed by atoms with Crippen molar-refractivity contribution in [1.82, 2.24) is 0 Å². The van der Waals surface area contributed by atoms with E-state index in [1.54, 1.807) is 20.3 Å². The van der Waals surface area contributed by atoms with Gasteiger partial charge in [0.15, 0.2) is 17.8 Å². The van der Waals surface area contributed by atoms with Crippen molar-refractivity contribution in [3.63, 3.8) is 0 Å². The summed E-state index contributed by atoms with van der Waals surface area (Å²) >= 11 is 0. The molecule has 0 aromatic heterocycles. The number of aldehydes is 1. The van der Waals surface area contributed by atoms with Gasteiger partial charge in [0.25, 0.3) is 0 Å². The van der Waals surface area contributed by atoms with Gasteiger partial charge in [-0.15, -0.1) is 0 Å². The van der Waals surface area contributed by atoms with Crippen LogP contribution in [0.1, 0.15) is 15.9 Å².